The van der Waals surface area contributed by atoms with E-state index >= 15 is 0 Å². The second-order valence-electron chi connectivity index (χ2n) is 6.93. The van der Waals surface area contributed by atoms with E-state index in [2.05, 4.69) is 10.6 Å². The van der Waals surface area contributed by atoms with E-state index < -0.39 is 33.4 Å². The van der Waals surface area contributed by atoms with Crippen LogP contribution >= 0.6 is 0 Å². The van der Waals surface area contributed by atoms with E-state index in [1.54, 1.807) is 0 Å². The Kier molecular flexibility index (Phi) is 6.33. The van der Waals surface area contributed by atoms with E-state index in [1.165, 1.54) is 0 Å². The van der Waals surface area contributed by atoms with Crippen molar-refractivity contribution < 1.29 is 27.5 Å². The van der Waals surface area contributed by atoms with Crippen LogP contribution in [0.5, 0.6) is 0 Å². The van der Waals surface area contributed by atoms with E-state index in [9.17, 15) is 18.0 Å². The second-order valence-corrected chi connectivity index (χ2v) is 8.91. The summed E-state index contributed by atoms with van der Waals surface area (Å²) in [7, 11) is -3.56. The maximum absolute atomic E-state index is 12.7. The maximum atomic E-state index is 12.7. The van der Waals surface area contributed by atoms with Gasteiger partial charge in [-0.15, -0.1) is 0 Å². The molecule has 2 aliphatic heterocycles. The van der Waals surface area contributed by atoms with E-state index in [0.717, 1.165) is 16.1 Å². The van der Waals surface area contributed by atoms with E-state index in [-0.39, 0.29) is 26.2 Å². The largest absolute Gasteiger partial charge is 0.375 e. The van der Waals surface area contributed by atoms with Gasteiger partial charge in [0.25, 0.3) is 5.91 Å². The lowest BCUT2D eigenvalue weighted by Crippen LogP contribution is -2.62. The number of carbonyl (C=O) groups is 2. The van der Waals surface area contributed by atoms with Crippen LogP contribution in [0.4, 0.5) is 0 Å². The Balaban J connectivity index is 1.58. The molecule has 0 saturated carbocycles. The lowest BCUT2D eigenvalue weighted by Gasteiger charge is -2.36. The molecule has 2 N–H and O–H groups in total. The van der Waals surface area contributed by atoms with Crippen molar-refractivity contribution in [3.05, 3.63) is 35.9 Å². The zero-order valence-corrected chi connectivity index (χ0v) is 16.5. The summed E-state index contributed by atoms with van der Waals surface area (Å²) < 4.78 is 36.2. The predicted octanol–water partition coefficient (Wildman–Crippen LogP) is -0.904. The SMILES string of the molecule is CS(=O)(=O)N1C[C@@H](C(=O)NCCOCc2ccccc2)[C@]2(C1)OCCNC2=O. The molecule has 1 aromatic rings. The fraction of sp³-hybridized carbons (Fsp3) is 0.556. The van der Waals surface area contributed by atoms with Crippen molar-refractivity contribution in [3.63, 3.8) is 0 Å². The second kappa shape index (κ2) is 8.56. The molecular formula is C18H25N3O6S. The Morgan fingerprint density at radius 3 is 2.82 bits per heavy atom. The van der Waals surface area contributed by atoms with Crippen molar-refractivity contribution in [3.8, 4) is 0 Å². The molecule has 1 aromatic carbocycles. The normalized spacial score (nSPS) is 25.6. The molecule has 2 heterocycles. The summed E-state index contributed by atoms with van der Waals surface area (Å²) in [6.45, 7) is 1.27. The van der Waals surface area contributed by atoms with Gasteiger partial charge in [0.05, 0.1) is 38.5 Å². The third-order valence-corrected chi connectivity index (χ3v) is 6.15. The molecule has 2 amide bonds. The Bertz CT molecular complexity index is 816. The first-order valence-electron chi connectivity index (χ1n) is 9.10. The molecule has 9 nitrogen and oxygen atoms in total. The van der Waals surface area contributed by atoms with Crippen LogP contribution in [-0.2, 0) is 35.7 Å². The van der Waals surface area contributed by atoms with Crippen LogP contribution in [0.3, 0.4) is 0 Å². The number of nitrogens with zero attached hydrogens (tertiary/aromatic N) is 1. The molecule has 0 aliphatic carbocycles. The number of hydrogen-bond acceptors (Lipinski definition) is 6. The van der Waals surface area contributed by atoms with Crippen LogP contribution in [0.25, 0.3) is 0 Å². The van der Waals surface area contributed by atoms with Crippen LogP contribution in [0, 0.1) is 5.92 Å². The molecule has 2 fully saturated rings. The summed E-state index contributed by atoms with van der Waals surface area (Å²) in [4.78, 5) is 25.2. The van der Waals surface area contributed by atoms with Gasteiger partial charge in [-0.05, 0) is 5.56 Å². The molecule has 0 bridgehead atoms. The minimum Gasteiger partial charge on any atom is -0.375 e. The number of sulfonamides is 1. The first-order valence-corrected chi connectivity index (χ1v) is 10.9. The van der Waals surface area contributed by atoms with Gasteiger partial charge in [0, 0.05) is 19.6 Å². The third kappa shape index (κ3) is 4.52. The molecule has 2 atom stereocenters. The predicted molar refractivity (Wildman–Crippen MR) is 101 cm³/mol. The Hall–Kier alpha value is -2.01. The number of ether oxygens (including phenoxy) is 2. The van der Waals surface area contributed by atoms with Gasteiger partial charge < -0.3 is 20.1 Å². The van der Waals surface area contributed by atoms with E-state index in [4.69, 9.17) is 9.47 Å². The molecule has 2 aliphatic rings. The Labute approximate surface area is 164 Å². The summed E-state index contributed by atoms with van der Waals surface area (Å²) in [5.74, 6) is -1.80. The zero-order valence-electron chi connectivity index (χ0n) is 15.7. The third-order valence-electron chi connectivity index (χ3n) is 4.93. The number of rotatable bonds is 7. The van der Waals surface area contributed by atoms with Gasteiger partial charge >= 0.3 is 0 Å². The van der Waals surface area contributed by atoms with Crippen molar-refractivity contribution in [1.82, 2.24) is 14.9 Å². The number of morpholine rings is 1. The highest BCUT2D eigenvalue weighted by Gasteiger charge is 2.59. The van der Waals surface area contributed by atoms with Crippen LogP contribution in [0.2, 0.25) is 0 Å². The van der Waals surface area contributed by atoms with Crippen LogP contribution in [-0.4, -0.2) is 75.8 Å². The van der Waals surface area contributed by atoms with Crippen molar-refractivity contribution in [2.45, 2.75) is 12.2 Å². The average molecular weight is 411 g/mol. The van der Waals surface area contributed by atoms with Crippen molar-refractivity contribution in [2.24, 2.45) is 5.92 Å². The molecule has 154 valence electrons. The van der Waals surface area contributed by atoms with Gasteiger partial charge in [0.2, 0.25) is 15.9 Å². The number of amides is 2. The topological polar surface area (TPSA) is 114 Å². The van der Waals surface area contributed by atoms with Gasteiger partial charge in [0.15, 0.2) is 5.60 Å². The van der Waals surface area contributed by atoms with Crippen molar-refractivity contribution >= 4 is 21.8 Å². The van der Waals surface area contributed by atoms with Crippen LogP contribution in [0.15, 0.2) is 30.3 Å². The molecule has 3 rings (SSSR count). The number of nitrogens with one attached hydrogen (secondary N) is 2. The van der Waals surface area contributed by atoms with E-state index in [1.807, 2.05) is 30.3 Å². The molecule has 0 radical (unpaired) electrons. The highest BCUT2D eigenvalue weighted by molar-refractivity contribution is 7.88. The smallest absolute Gasteiger partial charge is 0.254 e. The summed E-state index contributed by atoms with van der Waals surface area (Å²) in [5.41, 5.74) is -0.462. The van der Waals surface area contributed by atoms with Gasteiger partial charge in [-0.25, -0.2) is 8.42 Å². The molecule has 2 saturated heterocycles. The summed E-state index contributed by atoms with van der Waals surface area (Å²) in [5, 5.41) is 5.41. The van der Waals surface area contributed by atoms with Gasteiger partial charge in [-0.3, -0.25) is 9.59 Å². The molecule has 0 aromatic heterocycles. The van der Waals surface area contributed by atoms with Crippen LogP contribution < -0.4 is 10.6 Å². The number of benzene rings is 1. The standard InChI is InChI=1S/C18H25N3O6S/c1-28(24,25)21-11-15(18(13-21)17(23)20-8-10-27-18)16(22)19-7-9-26-12-14-5-3-2-4-6-14/h2-6,15H,7-13H2,1H3,(H,19,22)(H,20,23)/t15-,18-/m0/s1. The first kappa shape index (κ1) is 20.7. The molecule has 1 spiro atoms. The van der Waals surface area contributed by atoms with Crippen LogP contribution in [0.1, 0.15) is 5.56 Å². The molecule has 28 heavy (non-hydrogen) atoms. The fourth-order valence-corrected chi connectivity index (χ4v) is 4.30. The minimum absolute atomic E-state index is 0.0943. The maximum Gasteiger partial charge on any atom is 0.254 e. The highest BCUT2D eigenvalue weighted by atomic mass is 32.2. The summed E-state index contributed by atoms with van der Waals surface area (Å²) in [6.07, 6.45) is 1.05. The number of hydrogen-bond donors (Lipinski definition) is 2. The minimum atomic E-state index is -3.56. The van der Waals surface area contributed by atoms with Gasteiger partial charge in [-0.2, -0.15) is 4.31 Å². The molecule has 10 heteroatoms. The van der Waals surface area contributed by atoms with Crippen molar-refractivity contribution in [2.75, 3.05) is 45.6 Å². The monoisotopic (exact) mass is 411 g/mol. The highest BCUT2D eigenvalue weighted by Crippen LogP contribution is 2.34. The molecule has 0 unspecified atom stereocenters. The lowest BCUT2D eigenvalue weighted by atomic mass is 9.88. The number of carbonyl (C=O) groups excluding carboxylic acids is 2. The van der Waals surface area contributed by atoms with Crippen molar-refractivity contribution in [1.29, 1.82) is 0 Å². The zero-order chi connectivity index (χ0) is 20.2. The lowest BCUT2D eigenvalue weighted by molar-refractivity contribution is -0.163. The van der Waals surface area contributed by atoms with Gasteiger partial charge in [-0.1, -0.05) is 30.3 Å². The van der Waals surface area contributed by atoms with Gasteiger partial charge in [0.1, 0.15) is 0 Å². The van der Waals surface area contributed by atoms with E-state index in [0.29, 0.717) is 19.8 Å². The average Bonchev–Trinajstić information content (AvgIpc) is 3.05. The fourth-order valence-electron chi connectivity index (χ4n) is 3.46. The summed E-state index contributed by atoms with van der Waals surface area (Å²) in [6, 6.07) is 9.65. The molecular weight excluding hydrogens is 386 g/mol. The Morgan fingerprint density at radius 1 is 1.39 bits per heavy atom. The Morgan fingerprint density at radius 2 is 2.14 bits per heavy atom. The summed E-state index contributed by atoms with van der Waals surface area (Å²) >= 11 is 0. The quantitative estimate of drug-likeness (QED) is 0.562. The first-order chi connectivity index (χ1) is 13.3.